The van der Waals surface area contributed by atoms with Crippen LogP contribution in [0.3, 0.4) is 0 Å². The van der Waals surface area contributed by atoms with Gasteiger partial charge in [0, 0.05) is 25.0 Å². The van der Waals surface area contributed by atoms with Crippen LogP contribution in [0, 0.1) is 0 Å². The zero-order valence-electron chi connectivity index (χ0n) is 9.24. The molecule has 0 saturated heterocycles. The average Bonchev–Trinajstić information content (AvgIpc) is 2.76. The van der Waals surface area contributed by atoms with Crippen molar-refractivity contribution in [1.29, 1.82) is 0 Å². The van der Waals surface area contributed by atoms with Crippen molar-refractivity contribution in [3.8, 4) is 0 Å². The Morgan fingerprint density at radius 1 is 1.59 bits per heavy atom. The highest BCUT2D eigenvalue weighted by Gasteiger charge is 2.17. The first-order valence-electron chi connectivity index (χ1n) is 4.99. The van der Waals surface area contributed by atoms with Gasteiger partial charge in [-0.05, 0) is 12.1 Å². The molecule has 1 atom stereocenters. The summed E-state index contributed by atoms with van der Waals surface area (Å²) in [4.78, 5) is 11.8. The molecule has 7 nitrogen and oxygen atoms in total. The maximum Gasteiger partial charge on any atom is 0.247 e. The molecule has 0 aliphatic heterocycles. The highest BCUT2D eigenvalue weighted by molar-refractivity contribution is 5.94. The van der Waals surface area contributed by atoms with Crippen molar-refractivity contribution in [2.75, 3.05) is 5.32 Å². The number of nitrogens with one attached hydrogen (secondary N) is 1. The van der Waals surface area contributed by atoms with Crippen LogP contribution in [0.2, 0.25) is 0 Å². The Hall–Kier alpha value is -2.28. The molecular weight excluding hydrogens is 220 g/mol. The van der Waals surface area contributed by atoms with Crippen molar-refractivity contribution in [1.82, 2.24) is 20.0 Å². The predicted molar refractivity (Wildman–Crippen MR) is 60.8 cm³/mol. The first-order chi connectivity index (χ1) is 8.16. The number of aryl methyl sites for hydroxylation is 1. The van der Waals surface area contributed by atoms with Crippen molar-refractivity contribution in [3.63, 3.8) is 0 Å². The lowest BCUT2D eigenvalue weighted by molar-refractivity contribution is -0.117. The summed E-state index contributed by atoms with van der Waals surface area (Å²) >= 11 is 0. The van der Waals surface area contributed by atoms with Gasteiger partial charge in [0.05, 0.1) is 6.20 Å². The molecule has 0 radical (unpaired) electrons. The third-order valence-electron chi connectivity index (χ3n) is 2.19. The number of nitrogens with zero attached hydrogens (tertiary/aromatic N) is 4. The Kier molecular flexibility index (Phi) is 3.10. The summed E-state index contributed by atoms with van der Waals surface area (Å²) in [6.07, 6.45) is 4.78. The maximum absolute atomic E-state index is 11.8. The summed E-state index contributed by atoms with van der Waals surface area (Å²) in [5.74, 6) is 0.0235. The minimum absolute atomic E-state index is 0.349. The third kappa shape index (κ3) is 2.64. The number of aromatic nitrogens is 4. The molecule has 3 N–H and O–H groups in total. The van der Waals surface area contributed by atoms with Crippen LogP contribution < -0.4 is 11.1 Å². The molecule has 0 spiro atoms. The molecule has 2 aromatic heterocycles. The van der Waals surface area contributed by atoms with E-state index in [1.807, 2.05) is 0 Å². The van der Waals surface area contributed by atoms with E-state index in [9.17, 15) is 4.79 Å². The van der Waals surface area contributed by atoms with Crippen molar-refractivity contribution in [2.45, 2.75) is 6.04 Å². The van der Waals surface area contributed by atoms with Gasteiger partial charge in [0.2, 0.25) is 5.91 Å². The van der Waals surface area contributed by atoms with Crippen LogP contribution in [0.5, 0.6) is 0 Å². The Bertz CT molecular complexity index is 509. The number of anilines is 1. The normalized spacial score (nSPS) is 12.1. The first kappa shape index (κ1) is 11.2. The van der Waals surface area contributed by atoms with E-state index in [0.29, 0.717) is 11.4 Å². The molecule has 0 aliphatic carbocycles. The number of carbonyl (C=O) groups is 1. The van der Waals surface area contributed by atoms with Gasteiger partial charge in [-0.3, -0.25) is 9.48 Å². The highest BCUT2D eigenvalue weighted by Crippen LogP contribution is 2.10. The van der Waals surface area contributed by atoms with Crippen LogP contribution in [-0.4, -0.2) is 25.9 Å². The summed E-state index contributed by atoms with van der Waals surface area (Å²) in [6.45, 7) is 0. The fourth-order valence-electron chi connectivity index (χ4n) is 1.32. The van der Waals surface area contributed by atoms with Gasteiger partial charge in [0.1, 0.15) is 6.04 Å². The SMILES string of the molecule is Cn1cc(C(N)C(=O)Nc2cccnn2)cn1. The fraction of sp³-hybridized carbons (Fsp3) is 0.200. The summed E-state index contributed by atoms with van der Waals surface area (Å²) in [5, 5.41) is 13.9. The van der Waals surface area contributed by atoms with Crippen LogP contribution in [0.25, 0.3) is 0 Å². The number of hydrogen-bond acceptors (Lipinski definition) is 5. The Morgan fingerprint density at radius 2 is 2.41 bits per heavy atom. The van der Waals surface area contributed by atoms with E-state index in [0.717, 1.165) is 0 Å². The Labute approximate surface area is 97.6 Å². The van der Waals surface area contributed by atoms with Gasteiger partial charge in [-0.1, -0.05) is 0 Å². The smallest absolute Gasteiger partial charge is 0.247 e. The topological polar surface area (TPSA) is 98.7 Å². The first-order valence-corrected chi connectivity index (χ1v) is 4.99. The third-order valence-corrected chi connectivity index (χ3v) is 2.19. The standard InChI is InChI=1S/C10H12N6O/c1-16-6-7(5-13-16)9(11)10(17)14-8-3-2-4-12-15-8/h2-6,9H,11H2,1H3,(H,14,15,17). The van der Waals surface area contributed by atoms with Gasteiger partial charge in [-0.15, -0.1) is 5.10 Å². The summed E-state index contributed by atoms with van der Waals surface area (Å²) in [5.41, 5.74) is 6.43. The second kappa shape index (κ2) is 4.71. The van der Waals surface area contributed by atoms with E-state index in [4.69, 9.17) is 5.73 Å². The second-order valence-corrected chi connectivity index (χ2v) is 3.52. The van der Waals surface area contributed by atoms with Crippen molar-refractivity contribution < 1.29 is 4.79 Å². The molecule has 2 heterocycles. The van der Waals surface area contributed by atoms with Crippen LogP contribution in [0.15, 0.2) is 30.7 Å². The highest BCUT2D eigenvalue weighted by atomic mass is 16.2. The van der Waals surface area contributed by atoms with Gasteiger partial charge in [-0.25, -0.2) is 0 Å². The van der Waals surface area contributed by atoms with E-state index in [1.54, 1.807) is 36.3 Å². The summed E-state index contributed by atoms with van der Waals surface area (Å²) in [7, 11) is 1.76. The fourth-order valence-corrected chi connectivity index (χ4v) is 1.32. The molecule has 1 unspecified atom stereocenters. The van der Waals surface area contributed by atoms with Gasteiger partial charge in [-0.2, -0.15) is 10.2 Å². The van der Waals surface area contributed by atoms with Gasteiger partial charge >= 0.3 is 0 Å². The number of rotatable bonds is 3. The molecule has 0 fully saturated rings. The second-order valence-electron chi connectivity index (χ2n) is 3.52. The van der Waals surface area contributed by atoms with Crippen LogP contribution in [0.1, 0.15) is 11.6 Å². The molecule has 0 bridgehead atoms. The Morgan fingerprint density at radius 3 is 3.00 bits per heavy atom. The lowest BCUT2D eigenvalue weighted by Gasteiger charge is -2.09. The summed E-state index contributed by atoms with van der Waals surface area (Å²) < 4.78 is 1.59. The lowest BCUT2D eigenvalue weighted by atomic mass is 10.1. The van der Waals surface area contributed by atoms with Crippen molar-refractivity contribution in [2.24, 2.45) is 12.8 Å². The molecule has 1 amide bonds. The summed E-state index contributed by atoms with van der Waals surface area (Å²) in [6, 6.07) is 2.55. The van der Waals surface area contributed by atoms with E-state index in [1.165, 1.54) is 6.20 Å². The predicted octanol–water partition coefficient (Wildman–Crippen LogP) is -0.151. The van der Waals surface area contributed by atoms with Gasteiger partial charge in [0.25, 0.3) is 0 Å². The number of amides is 1. The number of nitrogens with two attached hydrogens (primary N) is 1. The molecule has 88 valence electrons. The maximum atomic E-state index is 11.8. The molecule has 0 saturated carbocycles. The monoisotopic (exact) mass is 232 g/mol. The van der Waals surface area contributed by atoms with E-state index >= 15 is 0 Å². The van der Waals surface area contributed by atoms with Gasteiger partial charge in [0.15, 0.2) is 5.82 Å². The molecule has 2 rings (SSSR count). The van der Waals surface area contributed by atoms with Gasteiger partial charge < -0.3 is 11.1 Å². The number of carbonyl (C=O) groups excluding carboxylic acids is 1. The van der Waals surface area contributed by atoms with Crippen molar-refractivity contribution >= 4 is 11.7 Å². The molecule has 17 heavy (non-hydrogen) atoms. The van der Waals surface area contributed by atoms with E-state index in [-0.39, 0.29) is 5.91 Å². The molecular formula is C10H12N6O. The zero-order valence-corrected chi connectivity index (χ0v) is 9.24. The largest absolute Gasteiger partial charge is 0.316 e. The lowest BCUT2D eigenvalue weighted by Crippen LogP contribution is -2.27. The molecule has 0 aliphatic rings. The van der Waals surface area contributed by atoms with E-state index < -0.39 is 6.04 Å². The minimum atomic E-state index is -0.772. The van der Waals surface area contributed by atoms with Crippen molar-refractivity contribution in [3.05, 3.63) is 36.3 Å². The van der Waals surface area contributed by atoms with Crippen LogP contribution in [-0.2, 0) is 11.8 Å². The van der Waals surface area contributed by atoms with Crippen LogP contribution >= 0.6 is 0 Å². The Balaban J connectivity index is 2.06. The zero-order chi connectivity index (χ0) is 12.3. The molecule has 0 aromatic carbocycles. The quantitative estimate of drug-likeness (QED) is 0.766. The van der Waals surface area contributed by atoms with Crippen LogP contribution in [0.4, 0.5) is 5.82 Å². The molecule has 2 aromatic rings. The number of hydrogen-bond donors (Lipinski definition) is 2. The van der Waals surface area contributed by atoms with E-state index in [2.05, 4.69) is 20.6 Å². The average molecular weight is 232 g/mol. The minimum Gasteiger partial charge on any atom is -0.316 e. The molecule has 7 heteroatoms.